The normalized spacial score (nSPS) is 16.8. The van der Waals surface area contributed by atoms with Crippen LogP contribution in [-0.2, 0) is 6.54 Å². The van der Waals surface area contributed by atoms with E-state index in [9.17, 15) is 0 Å². The van der Waals surface area contributed by atoms with Crippen molar-refractivity contribution >= 4 is 15.9 Å². The molecule has 0 heterocycles. The monoisotopic (exact) mass is 311 g/mol. The fourth-order valence-corrected chi connectivity index (χ4v) is 2.95. The molecule has 0 aromatic heterocycles. The summed E-state index contributed by atoms with van der Waals surface area (Å²) in [6.45, 7) is 3.65. The molecule has 3 heteroatoms. The van der Waals surface area contributed by atoms with Crippen LogP contribution in [0.5, 0.6) is 5.75 Å². The summed E-state index contributed by atoms with van der Waals surface area (Å²) in [4.78, 5) is 0. The molecular weight excluding hydrogens is 290 g/mol. The minimum absolute atomic E-state index is 0.687. The minimum Gasteiger partial charge on any atom is -0.494 e. The fourth-order valence-electron chi connectivity index (χ4n) is 2.54. The molecular formula is C15H22BrNO. The molecule has 1 aliphatic rings. The summed E-state index contributed by atoms with van der Waals surface area (Å²) in [5.41, 5.74) is 1.25. The molecule has 0 atom stereocenters. The Bertz CT molecular complexity index is 375. The molecule has 0 spiro atoms. The van der Waals surface area contributed by atoms with Crippen molar-refractivity contribution < 1.29 is 4.74 Å². The molecule has 2 rings (SSSR count). The standard InChI is InChI=1S/C15H22BrNO/c1-2-18-15-9-8-13(16)10-12(15)11-17-14-6-4-3-5-7-14/h8-10,14,17H,2-7,11H2,1H3. The molecule has 1 aliphatic carbocycles. The smallest absolute Gasteiger partial charge is 0.123 e. The summed E-state index contributed by atoms with van der Waals surface area (Å²) in [7, 11) is 0. The van der Waals surface area contributed by atoms with Gasteiger partial charge in [0.15, 0.2) is 0 Å². The van der Waals surface area contributed by atoms with E-state index >= 15 is 0 Å². The first-order chi connectivity index (χ1) is 8.79. The topological polar surface area (TPSA) is 21.3 Å². The highest BCUT2D eigenvalue weighted by Gasteiger charge is 2.13. The highest BCUT2D eigenvalue weighted by atomic mass is 79.9. The van der Waals surface area contributed by atoms with Gasteiger partial charge in [-0.15, -0.1) is 0 Å². The Morgan fingerprint density at radius 3 is 2.78 bits per heavy atom. The van der Waals surface area contributed by atoms with Gasteiger partial charge in [-0.3, -0.25) is 0 Å². The second-order valence-electron chi connectivity index (χ2n) is 4.90. The molecule has 1 saturated carbocycles. The van der Waals surface area contributed by atoms with Gasteiger partial charge in [0.2, 0.25) is 0 Å². The third-order valence-electron chi connectivity index (χ3n) is 3.51. The highest BCUT2D eigenvalue weighted by Crippen LogP contribution is 2.24. The van der Waals surface area contributed by atoms with Crippen LogP contribution in [0.2, 0.25) is 0 Å². The Labute approximate surface area is 118 Å². The van der Waals surface area contributed by atoms with Gasteiger partial charge in [0.25, 0.3) is 0 Å². The molecule has 1 aromatic carbocycles. The summed E-state index contributed by atoms with van der Waals surface area (Å²) >= 11 is 3.53. The van der Waals surface area contributed by atoms with E-state index in [1.54, 1.807) is 0 Å². The maximum absolute atomic E-state index is 5.67. The van der Waals surface area contributed by atoms with Crippen molar-refractivity contribution in [2.45, 2.75) is 51.6 Å². The number of ether oxygens (including phenoxy) is 1. The molecule has 0 saturated heterocycles. The SMILES string of the molecule is CCOc1ccc(Br)cc1CNC1CCCCC1. The van der Waals surface area contributed by atoms with Gasteiger partial charge < -0.3 is 10.1 Å². The lowest BCUT2D eigenvalue weighted by Gasteiger charge is -2.23. The molecule has 100 valence electrons. The van der Waals surface area contributed by atoms with Crippen molar-refractivity contribution in [3.05, 3.63) is 28.2 Å². The lowest BCUT2D eigenvalue weighted by Crippen LogP contribution is -2.30. The first kappa shape index (κ1) is 13.9. The number of hydrogen-bond donors (Lipinski definition) is 1. The maximum Gasteiger partial charge on any atom is 0.123 e. The summed E-state index contributed by atoms with van der Waals surface area (Å²) in [5.74, 6) is 1.00. The van der Waals surface area contributed by atoms with E-state index in [2.05, 4.69) is 27.3 Å². The third kappa shape index (κ3) is 3.99. The molecule has 0 bridgehead atoms. The van der Waals surface area contributed by atoms with Crippen LogP contribution in [0.3, 0.4) is 0 Å². The van der Waals surface area contributed by atoms with Crippen LogP contribution >= 0.6 is 15.9 Å². The zero-order chi connectivity index (χ0) is 12.8. The molecule has 0 aliphatic heterocycles. The van der Waals surface area contributed by atoms with Gasteiger partial charge in [0, 0.05) is 22.6 Å². The van der Waals surface area contributed by atoms with Crippen molar-refractivity contribution in [1.82, 2.24) is 5.32 Å². The molecule has 0 unspecified atom stereocenters. The van der Waals surface area contributed by atoms with Gasteiger partial charge in [0.1, 0.15) is 5.75 Å². The van der Waals surface area contributed by atoms with Crippen molar-refractivity contribution in [3.63, 3.8) is 0 Å². The zero-order valence-corrected chi connectivity index (χ0v) is 12.6. The molecule has 0 amide bonds. The van der Waals surface area contributed by atoms with Gasteiger partial charge in [-0.1, -0.05) is 35.2 Å². The van der Waals surface area contributed by atoms with Crippen LogP contribution < -0.4 is 10.1 Å². The Morgan fingerprint density at radius 1 is 1.28 bits per heavy atom. The molecule has 0 radical (unpaired) electrons. The van der Waals surface area contributed by atoms with Crippen LogP contribution in [0.25, 0.3) is 0 Å². The Hall–Kier alpha value is -0.540. The molecule has 1 aromatic rings. The lowest BCUT2D eigenvalue weighted by molar-refractivity contribution is 0.330. The highest BCUT2D eigenvalue weighted by molar-refractivity contribution is 9.10. The first-order valence-corrected chi connectivity index (χ1v) is 7.73. The van der Waals surface area contributed by atoms with Crippen LogP contribution in [0.15, 0.2) is 22.7 Å². The largest absolute Gasteiger partial charge is 0.494 e. The minimum atomic E-state index is 0.687. The van der Waals surface area contributed by atoms with Crippen LogP contribution in [0, 0.1) is 0 Å². The summed E-state index contributed by atoms with van der Waals surface area (Å²) < 4.78 is 6.79. The summed E-state index contributed by atoms with van der Waals surface area (Å²) in [6, 6.07) is 6.92. The van der Waals surface area contributed by atoms with E-state index in [1.165, 1.54) is 37.7 Å². The van der Waals surface area contributed by atoms with E-state index in [0.29, 0.717) is 6.04 Å². The first-order valence-electron chi connectivity index (χ1n) is 6.94. The van der Waals surface area contributed by atoms with E-state index in [1.807, 2.05) is 19.1 Å². The molecule has 2 nitrogen and oxygen atoms in total. The van der Waals surface area contributed by atoms with Crippen LogP contribution in [-0.4, -0.2) is 12.6 Å². The van der Waals surface area contributed by atoms with Gasteiger partial charge in [-0.05, 0) is 38.0 Å². The van der Waals surface area contributed by atoms with Crippen molar-refractivity contribution in [1.29, 1.82) is 0 Å². The average Bonchev–Trinajstić information content (AvgIpc) is 2.40. The van der Waals surface area contributed by atoms with Crippen molar-refractivity contribution in [2.24, 2.45) is 0 Å². The lowest BCUT2D eigenvalue weighted by atomic mass is 9.95. The van der Waals surface area contributed by atoms with Crippen LogP contribution in [0.1, 0.15) is 44.6 Å². The maximum atomic E-state index is 5.67. The van der Waals surface area contributed by atoms with Gasteiger partial charge in [-0.25, -0.2) is 0 Å². The van der Waals surface area contributed by atoms with Gasteiger partial charge in [-0.2, -0.15) is 0 Å². The van der Waals surface area contributed by atoms with Gasteiger partial charge >= 0.3 is 0 Å². The average molecular weight is 312 g/mol. The second kappa shape index (κ2) is 7.15. The van der Waals surface area contributed by atoms with E-state index < -0.39 is 0 Å². The number of rotatable bonds is 5. The van der Waals surface area contributed by atoms with E-state index in [0.717, 1.165) is 23.4 Å². The summed E-state index contributed by atoms with van der Waals surface area (Å²) in [5, 5.41) is 3.66. The quantitative estimate of drug-likeness (QED) is 0.876. The Kier molecular flexibility index (Phi) is 5.51. The third-order valence-corrected chi connectivity index (χ3v) is 4.00. The number of benzene rings is 1. The summed E-state index contributed by atoms with van der Waals surface area (Å²) in [6.07, 6.45) is 6.78. The van der Waals surface area contributed by atoms with E-state index in [4.69, 9.17) is 4.74 Å². The second-order valence-corrected chi connectivity index (χ2v) is 5.82. The molecule has 1 N–H and O–H groups in total. The predicted octanol–water partition coefficient (Wildman–Crippen LogP) is 4.27. The predicted molar refractivity (Wildman–Crippen MR) is 79.0 cm³/mol. The fraction of sp³-hybridized carbons (Fsp3) is 0.600. The zero-order valence-electron chi connectivity index (χ0n) is 11.0. The molecule has 1 fully saturated rings. The number of halogens is 1. The number of nitrogens with one attached hydrogen (secondary N) is 1. The molecule has 18 heavy (non-hydrogen) atoms. The van der Waals surface area contributed by atoms with E-state index in [-0.39, 0.29) is 0 Å². The number of hydrogen-bond acceptors (Lipinski definition) is 2. The van der Waals surface area contributed by atoms with Crippen molar-refractivity contribution in [3.8, 4) is 5.75 Å². The van der Waals surface area contributed by atoms with Crippen LogP contribution in [0.4, 0.5) is 0 Å². The van der Waals surface area contributed by atoms with Gasteiger partial charge in [0.05, 0.1) is 6.61 Å². The van der Waals surface area contributed by atoms with Crippen molar-refractivity contribution in [2.75, 3.05) is 6.61 Å². The Balaban J connectivity index is 1.95. The Morgan fingerprint density at radius 2 is 2.06 bits per heavy atom.